The fraction of sp³-hybridized carbons (Fsp3) is 0.346. The Bertz CT molecular complexity index is 1330. The van der Waals surface area contributed by atoms with Gasteiger partial charge in [0.2, 0.25) is 11.6 Å². The number of hydrogen-bond acceptors (Lipinski definition) is 5. The van der Waals surface area contributed by atoms with Crippen LogP contribution in [0, 0.1) is 0 Å². The summed E-state index contributed by atoms with van der Waals surface area (Å²) in [4.78, 5) is 54.9. The molecule has 3 aromatic rings. The van der Waals surface area contributed by atoms with Crippen LogP contribution in [0.15, 0.2) is 64.2 Å². The second-order valence-electron chi connectivity index (χ2n) is 8.96. The topological polar surface area (TPSA) is 97.5 Å². The molecule has 1 aliphatic heterocycles. The van der Waals surface area contributed by atoms with Gasteiger partial charge in [-0.2, -0.15) is 9.78 Å². The smallest absolute Gasteiger partial charge is 0.339 e. The highest BCUT2D eigenvalue weighted by atomic mass is 16.2. The molecule has 2 aromatic carbocycles. The van der Waals surface area contributed by atoms with Crippen LogP contribution in [0.3, 0.4) is 0 Å². The van der Waals surface area contributed by atoms with Crippen molar-refractivity contribution in [2.24, 2.45) is 0 Å². The maximum atomic E-state index is 13.4. The molecule has 9 heteroatoms. The lowest BCUT2D eigenvalue weighted by atomic mass is 10.0. The van der Waals surface area contributed by atoms with E-state index in [1.54, 1.807) is 17.0 Å². The summed E-state index contributed by atoms with van der Waals surface area (Å²) in [5.74, 6) is -0.294. The molecular formula is C26H29N5O4. The second kappa shape index (κ2) is 10.1. The van der Waals surface area contributed by atoms with Crippen LogP contribution in [0.1, 0.15) is 48.3 Å². The fourth-order valence-corrected chi connectivity index (χ4v) is 4.10. The molecule has 4 rings (SSSR count). The van der Waals surface area contributed by atoms with Gasteiger partial charge in [0.05, 0.1) is 12.2 Å². The molecular weight excluding hydrogens is 446 g/mol. The van der Waals surface area contributed by atoms with Crippen molar-refractivity contribution in [1.29, 1.82) is 0 Å². The molecule has 0 atom stereocenters. The number of carbonyl (C=O) groups is 2. The molecule has 1 saturated heterocycles. The minimum absolute atomic E-state index is 0.0174. The van der Waals surface area contributed by atoms with Gasteiger partial charge in [-0.05, 0) is 29.2 Å². The van der Waals surface area contributed by atoms with Crippen LogP contribution in [0.4, 0.5) is 0 Å². The number of hydrogen-bond donors (Lipinski definition) is 0. The number of aromatic nitrogens is 3. The third-order valence-electron chi connectivity index (χ3n) is 6.26. The van der Waals surface area contributed by atoms with Crippen LogP contribution in [0.25, 0.3) is 5.69 Å². The van der Waals surface area contributed by atoms with E-state index in [4.69, 9.17) is 0 Å². The Morgan fingerprint density at radius 2 is 1.49 bits per heavy atom. The van der Waals surface area contributed by atoms with Crippen molar-refractivity contribution >= 4 is 11.8 Å². The predicted octanol–water partition coefficient (Wildman–Crippen LogP) is 1.87. The molecule has 0 aliphatic carbocycles. The molecule has 0 saturated carbocycles. The average molecular weight is 476 g/mol. The van der Waals surface area contributed by atoms with Crippen molar-refractivity contribution in [3.8, 4) is 5.69 Å². The molecule has 182 valence electrons. The summed E-state index contributed by atoms with van der Waals surface area (Å²) in [6, 6.07) is 16.5. The van der Waals surface area contributed by atoms with E-state index in [0.717, 1.165) is 20.4 Å². The van der Waals surface area contributed by atoms with Gasteiger partial charge in [-0.1, -0.05) is 56.3 Å². The van der Waals surface area contributed by atoms with Gasteiger partial charge >= 0.3 is 5.69 Å². The molecule has 1 fully saturated rings. The molecule has 0 radical (unpaired) electrons. The number of amides is 2. The van der Waals surface area contributed by atoms with Crippen LogP contribution in [-0.4, -0.2) is 62.1 Å². The van der Waals surface area contributed by atoms with Gasteiger partial charge < -0.3 is 9.80 Å². The zero-order valence-corrected chi connectivity index (χ0v) is 20.2. The summed E-state index contributed by atoms with van der Waals surface area (Å²) in [6.07, 6.45) is 0. The molecule has 0 N–H and O–H groups in total. The lowest BCUT2D eigenvalue weighted by Crippen LogP contribution is -2.52. The number of carbonyl (C=O) groups excluding carboxylic acids is 2. The molecule has 2 amide bonds. The summed E-state index contributed by atoms with van der Waals surface area (Å²) in [6.45, 7) is 7.00. The molecule has 2 heterocycles. The van der Waals surface area contributed by atoms with Crippen molar-refractivity contribution in [2.75, 3.05) is 26.2 Å². The van der Waals surface area contributed by atoms with Gasteiger partial charge in [0.25, 0.3) is 11.5 Å². The second-order valence-corrected chi connectivity index (χ2v) is 8.96. The lowest BCUT2D eigenvalue weighted by molar-refractivity contribution is -0.130. The first-order valence-electron chi connectivity index (χ1n) is 11.7. The summed E-state index contributed by atoms with van der Waals surface area (Å²) >= 11 is 0. The van der Waals surface area contributed by atoms with E-state index in [9.17, 15) is 19.2 Å². The maximum Gasteiger partial charge on any atom is 0.352 e. The van der Waals surface area contributed by atoms with Crippen LogP contribution in [-0.2, 0) is 11.3 Å². The van der Waals surface area contributed by atoms with E-state index in [2.05, 4.69) is 18.9 Å². The van der Waals surface area contributed by atoms with E-state index in [1.165, 1.54) is 11.8 Å². The first-order chi connectivity index (χ1) is 16.8. The Hall–Kier alpha value is -4.01. The standard InChI is InChI=1S/C26H29N5O4/c1-18(2)21-9-11-22(12-10-21)31-26(35)30(17-20-7-5-4-6-8-20)25(34)23(27-31)24(33)29-15-13-28(14-16-29)19(3)32/h4-12,18H,13-17H2,1-3H3. The third kappa shape index (κ3) is 5.08. The molecule has 0 unspecified atom stereocenters. The van der Waals surface area contributed by atoms with Crippen molar-refractivity contribution < 1.29 is 9.59 Å². The van der Waals surface area contributed by atoms with Crippen LogP contribution < -0.4 is 11.2 Å². The molecule has 0 bridgehead atoms. The summed E-state index contributed by atoms with van der Waals surface area (Å²) < 4.78 is 2.17. The molecule has 35 heavy (non-hydrogen) atoms. The van der Waals surface area contributed by atoms with E-state index in [0.29, 0.717) is 37.8 Å². The van der Waals surface area contributed by atoms with Crippen molar-refractivity contribution in [1.82, 2.24) is 24.1 Å². The molecule has 9 nitrogen and oxygen atoms in total. The SMILES string of the molecule is CC(=O)N1CCN(C(=O)c2nn(-c3ccc(C(C)C)cc3)c(=O)n(Cc3ccccc3)c2=O)CC1. The maximum absolute atomic E-state index is 13.4. The Morgan fingerprint density at radius 1 is 0.886 bits per heavy atom. The van der Waals surface area contributed by atoms with Gasteiger partial charge in [-0.25, -0.2) is 4.79 Å². The highest BCUT2D eigenvalue weighted by molar-refractivity contribution is 5.92. The van der Waals surface area contributed by atoms with Crippen LogP contribution in [0.5, 0.6) is 0 Å². The molecule has 1 aromatic heterocycles. The van der Waals surface area contributed by atoms with Crippen LogP contribution in [0.2, 0.25) is 0 Å². The Labute approximate surface area is 203 Å². The van der Waals surface area contributed by atoms with Gasteiger partial charge in [-0.15, -0.1) is 0 Å². The van der Waals surface area contributed by atoms with Crippen LogP contribution >= 0.6 is 0 Å². The third-order valence-corrected chi connectivity index (χ3v) is 6.26. The number of piperazine rings is 1. The monoisotopic (exact) mass is 475 g/mol. The first-order valence-corrected chi connectivity index (χ1v) is 11.7. The van der Waals surface area contributed by atoms with Crippen molar-refractivity contribution in [3.63, 3.8) is 0 Å². The van der Waals surface area contributed by atoms with Crippen molar-refractivity contribution in [2.45, 2.75) is 33.2 Å². The molecule has 1 aliphatic rings. The van der Waals surface area contributed by atoms with E-state index >= 15 is 0 Å². The first kappa shape index (κ1) is 24.1. The number of nitrogens with zero attached hydrogens (tertiary/aromatic N) is 5. The van der Waals surface area contributed by atoms with E-state index < -0.39 is 17.2 Å². The van der Waals surface area contributed by atoms with E-state index in [1.807, 2.05) is 42.5 Å². The quantitative estimate of drug-likeness (QED) is 0.561. The summed E-state index contributed by atoms with van der Waals surface area (Å²) in [5.41, 5.74) is 0.663. The van der Waals surface area contributed by atoms with E-state index in [-0.39, 0.29) is 18.1 Å². The Morgan fingerprint density at radius 3 is 2.06 bits per heavy atom. The average Bonchev–Trinajstić information content (AvgIpc) is 2.87. The van der Waals surface area contributed by atoms with Gasteiger partial charge in [0, 0.05) is 33.1 Å². The fourth-order valence-electron chi connectivity index (χ4n) is 4.10. The number of rotatable bonds is 5. The van der Waals surface area contributed by atoms with Gasteiger partial charge in [-0.3, -0.25) is 19.0 Å². The Kier molecular flexibility index (Phi) is 6.95. The molecule has 0 spiro atoms. The largest absolute Gasteiger partial charge is 0.352 e. The minimum Gasteiger partial charge on any atom is -0.339 e. The summed E-state index contributed by atoms with van der Waals surface area (Å²) in [7, 11) is 0. The normalized spacial score (nSPS) is 13.8. The highest BCUT2D eigenvalue weighted by Crippen LogP contribution is 2.16. The summed E-state index contributed by atoms with van der Waals surface area (Å²) in [5, 5.41) is 4.25. The van der Waals surface area contributed by atoms with Gasteiger partial charge in [0.15, 0.2) is 0 Å². The lowest BCUT2D eigenvalue weighted by Gasteiger charge is -2.33. The number of benzene rings is 2. The highest BCUT2D eigenvalue weighted by Gasteiger charge is 2.28. The predicted molar refractivity (Wildman–Crippen MR) is 132 cm³/mol. The van der Waals surface area contributed by atoms with Crippen molar-refractivity contribution in [3.05, 3.63) is 92.3 Å². The zero-order valence-electron chi connectivity index (χ0n) is 20.2. The zero-order chi connectivity index (χ0) is 25.1. The van der Waals surface area contributed by atoms with Gasteiger partial charge in [0.1, 0.15) is 0 Å². The Balaban J connectivity index is 1.78. The minimum atomic E-state index is -0.729.